The zero-order chi connectivity index (χ0) is 19.8. The van der Waals surface area contributed by atoms with Crippen LogP contribution in [0.2, 0.25) is 0 Å². The first kappa shape index (κ1) is 17.9. The molecule has 1 aromatic carbocycles. The first-order valence-corrected chi connectivity index (χ1v) is 10.0. The smallest absolute Gasteiger partial charge is 0.341 e. The number of benzene rings is 1. The van der Waals surface area contributed by atoms with E-state index < -0.39 is 0 Å². The number of amides is 2. The number of carbonyl (C=O) groups excluding carboxylic acids is 1. The molecule has 2 fully saturated rings. The van der Waals surface area contributed by atoms with Gasteiger partial charge in [0.15, 0.2) is 0 Å². The maximum Gasteiger partial charge on any atom is 0.341 e. The topological polar surface area (TPSA) is 74.2 Å². The number of methoxy groups -OCH3 is 1. The fourth-order valence-corrected chi connectivity index (χ4v) is 4.64. The van der Waals surface area contributed by atoms with Crippen molar-refractivity contribution in [2.75, 3.05) is 38.2 Å². The highest BCUT2D eigenvalue weighted by Gasteiger charge is 2.44. The molecule has 3 atom stereocenters. The molecule has 0 aliphatic carbocycles. The number of urea groups is 1. The van der Waals surface area contributed by atoms with Gasteiger partial charge in [-0.3, -0.25) is 0 Å². The Morgan fingerprint density at radius 3 is 2.55 bits per heavy atom. The van der Waals surface area contributed by atoms with Crippen LogP contribution in [-0.4, -0.2) is 65.4 Å². The van der Waals surface area contributed by atoms with Gasteiger partial charge in [0.05, 0.1) is 13.2 Å². The number of likely N-dealkylation sites (tertiary alicyclic amines) is 1. The van der Waals surface area contributed by atoms with E-state index in [2.05, 4.69) is 32.1 Å². The van der Waals surface area contributed by atoms with Crippen molar-refractivity contribution >= 4 is 18.1 Å². The van der Waals surface area contributed by atoms with E-state index in [0.717, 1.165) is 44.0 Å². The fourth-order valence-electron chi connectivity index (χ4n) is 4.64. The van der Waals surface area contributed by atoms with Crippen molar-refractivity contribution in [2.24, 2.45) is 16.9 Å². The highest BCUT2D eigenvalue weighted by atomic mass is 16.5. The zero-order valence-corrected chi connectivity index (χ0v) is 16.4. The van der Waals surface area contributed by atoms with Crippen molar-refractivity contribution < 1.29 is 9.53 Å². The van der Waals surface area contributed by atoms with Crippen molar-refractivity contribution in [3.05, 3.63) is 48.2 Å². The van der Waals surface area contributed by atoms with Crippen LogP contribution in [0.25, 0.3) is 0 Å². The molecule has 29 heavy (non-hydrogen) atoms. The highest BCUT2D eigenvalue weighted by Crippen LogP contribution is 2.36. The standard InChI is InChI=1S/C21H24N6O2/c1-29-20-22-9-8-19(24-20)25-11-16-13-26(14-17(16)12-25)21(28)27-18(7-10-23-27)15-5-3-2-4-6-15/h2-6,8-10,16-18H,7,11-14H2,1H3. The van der Waals surface area contributed by atoms with E-state index in [4.69, 9.17) is 4.74 Å². The molecule has 4 heterocycles. The van der Waals surface area contributed by atoms with E-state index >= 15 is 0 Å². The summed E-state index contributed by atoms with van der Waals surface area (Å²) >= 11 is 0. The molecule has 3 aliphatic heterocycles. The summed E-state index contributed by atoms with van der Waals surface area (Å²) in [6.45, 7) is 3.30. The van der Waals surface area contributed by atoms with E-state index in [1.807, 2.05) is 35.4 Å². The number of aromatic nitrogens is 2. The van der Waals surface area contributed by atoms with Crippen LogP contribution in [-0.2, 0) is 0 Å². The van der Waals surface area contributed by atoms with Crippen LogP contribution in [0.5, 0.6) is 6.01 Å². The van der Waals surface area contributed by atoms with E-state index in [0.29, 0.717) is 17.8 Å². The van der Waals surface area contributed by atoms with Crippen molar-refractivity contribution in [1.29, 1.82) is 0 Å². The zero-order valence-electron chi connectivity index (χ0n) is 16.4. The summed E-state index contributed by atoms with van der Waals surface area (Å²) in [5.41, 5.74) is 1.13. The minimum Gasteiger partial charge on any atom is -0.467 e. The summed E-state index contributed by atoms with van der Waals surface area (Å²) in [6, 6.07) is 12.4. The Morgan fingerprint density at radius 1 is 1.07 bits per heavy atom. The van der Waals surface area contributed by atoms with Crippen molar-refractivity contribution in [1.82, 2.24) is 19.9 Å². The van der Waals surface area contributed by atoms with Crippen LogP contribution in [0.4, 0.5) is 10.6 Å². The highest BCUT2D eigenvalue weighted by molar-refractivity contribution is 5.79. The fraction of sp³-hybridized carbons (Fsp3) is 0.429. The number of ether oxygens (including phenoxy) is 1. The molecule has 2 saturated heterocycles. The Kier molecular flexibility index (Phi) is 4.54. The summed E-state index contributed by atoms with van der Waals surface area (Å²) in [5.74, 6) is 1.78. The molecule has 0 spiro atoms. The van der Waals surface area contributed by atoms with Gasteiger partial charge in [0, 0.05) is 56.8 Å². The minimum atomic E-state index is -0.00544. The van der Waals surface area contributed by atoms with Crippen molar-refractivity contribution in [2.45, 2.75) is 12.5 Å². The third kappa shape index (κ3) is 3.28. The lowest BCUT2D eigenvalue weighted by Gasteiger charge is -2.28. The maximum atomic E-state index is 13.2. The third-order valence-corrected chi connectivity index (χ3v) is 6.09. The number of carbonyl (C=O) groups is 1. The molecule has 0 saturated carbocycles. The lowest BCUT2D eigenvalue weighted by atomic mass is 10.0. The number of hydrazone groups is 1. The van der Waals surface area contributed by atoms with Gasteiger partial charge in [-0.1, -0.05) is 30.3 Å². The van der Waals surface area contributed by atoms with Crippen LogP contribution in [0, 0.1) is 11.8 Å². The van der Waals surface area contributed by atoms with Gasteiger partial charge >= 0.3 is 12.0 Å². The molecule has 1 aromatic heterocycles. The maximum absolute atomic E-state index is 13.2. The second-order valence-electron chi connectivity index (χ2n) is 7.82. The van der Waals surface area contributed by atoms with Gasteiger partial charge in [0.1, 0.15) is 5.82 Å². The predicted octanol–water partition coefficient (Wildman–Crippen LogP) is 2.41. The molecule has 150 valence electrons. The summed E-state index contributed by atoms with van der Waals surface area (Å²) in [5, 5.41) is 6.05. The van der Waals surface area contributed by atoms with Gasteiger partial charge < -0.3 is 14.5 Å². The number of fused-ring (bicyclic) bond motifs is 1. The first-order chi connectivity index (χ1) is 14.2. The first-order valence-electron chi connectivity index (χ1n) is 10.0. The summed E-state index contributed by atoms with van der Waals surface area (Å²) < 4.78 is 5.14. The summed E-state index contributed by atoms with van der Waals surface area (Å²) in [6.07, 6.45) is 4.33. The molecule has 8 heteroatoms. The molecular formula is C21H24N6O2. The number of hydrogen-bond acceptors (Lipinski definition) is 6. The van der Waals surface area contributed by atoms with E-state index in [-0.39, 0.29) is 12.1 Å². The molecule has 2 aromatic rings. The van der Waals surface area contributed by atoms with Crippen LogP contribution in [0.3, 0.4) is 0 Å². The number of nitrogens with zero attached hydrogens (tertiary/aromatic N) is 6. The lowest BCUT2D eigenvalue weighted by molar-refractivity contribution is 0.148. The average Bonchev–Trinajstić information content (AvgIpc) is 3.48. The van der Waals surface area contributed by atoms with Crippen LogP contribution in [0.1, 0.15) is 18.0 Å². The Morgan fingerprint density at radius 2 is 1.83 bits per heavy atom. The van der Waals surface area contributed by atoms with Gasteiger partial charge in [-0.25, -0.2) is 14.8 Å². The minimum absolute atomic E-state index is 0.00544. The largest absolute Gasteiger partial charge is 0.467 e. The molecule has 2 amide bonds. The number of hydrogen-bond donors (Lipinski definition) is 0. The predicted molar refractivity (Wildman–Crippen MR) is 109 cm³/mol. The van der Waals surface area contributed by atoms with Crippen LogP contribution >= 0.6 is 0 Å². The Hall–Kier alpha value is -3.16. The normalized spacial score (nSPS) is 25.6. The van der Waals surface area contributed by atoms with Gasteiger partial charge in [-0.15, -0.1) is 0 Å². The second-order valence-corrected chi connectivity index (χ2v) is 7.82. The van der Waals surface area contributed by atoms with Crippen molar-refractivity contribution in [3.63, 3.8) is 0 Å². The molecule has 3 aliphatic rings. The number of anilines is 1. The number of rotatable bonds is 3. The van der Waals surface area contributed by atoms with Crippen LogP contribution < -0.4 is 9.64 Å². The molecule has 0 radical (unpaired) electrons. The molecule has 5 rings (SSSR count). The average molecular weight is 392 g/mol. The SMILES string of the molecule is COc1nccc(N2CC3CN(C(=O)N4N=CCC4c4ccccc4)CC3C2)n1. The Labute approximate surface area is 169 Å². The summed E-state index contributed by atoms with van der Waals surface area (Å²) in [4.78, 5) is 25.9. The van der Waals surface area contributed by atoms with Gasteiger partial charge in [0.25, 0.3) is 0 Å². The molecule has 0 bridgehead atoms. The second kappa shape index (κ2) is 7.35. The van der Waals surface area contributed by atoms with Gasteiger partial charge in [-0.05, 0) is 11.6 Å². The third-order valence-electron chi connectivity index (χ3n) is 6.09. The lowest BCUT2D eigenvalue weighted by Crippen LogP contribution is -2.41. The monoisotopic (exact) mass is 392 g/mol. The summed E-state index contributed by atoms with van der Waals surface area (Å²) in [7, 11) is 1.57. The van der Waals surface area contributed by atoms with Gasteiger partial charge in [-0.2, -0.15) is 10.1 Å². The molecule has 3 unspecified atom stereocenters. The van der Waals surface area contributed by atoms with Crippen LogP contribution in [0.15, 0.2) is 47.7 Å². The quantitative estimate of drug-likeness (QED) is 0.802. The molecular weight excluding hydrogens is 368 g/mol. The van der Waals surface area contributed by atoms with E-state index in [1.165, 1.54) is 0 Å². The Bertz CT molecular complexity index is 906. The van der Waals surface area contributed by atoms with Crippen molar-refractivity contribution in [3.8, 4) is 6.01 Å². The Balaban J connectivity index is 1.24. The van der Waals surface area contributed by atoms with Gasteiger partial charge in [0.2, 0.25) is 0 Å². The van der Waals surface area contributed by atoms with E-state index in [9.17, 15) is 4.79 Å². The van der Waals surface area contributed by atoms with E-state index in [1.54, 1.807) is 18.3 Å². The molecule has 0 N–H and O–H groups in total. The molecule has 8 nitrogen and oxygen atoms in total.